The van der Waals surface area contributed by atoms with Gasteiger partial charge in [-0.3, -0.25) is 0 Å². The smallest absolute Gasteiger partial charge is 0.0925 e. The molecule has 0 unspecified atom stereocenters. The maximum absolute atomic E-state index is 4.17. The number of imidazole rings is 1. The van der Waals surface area contributed by atoms with Gasteiger partial charge in [0.2, 0.25) is 0 Å². The standard InChI is InChI=1S/C8H15N3/c1-6(2)9-4-8-7(3)10-5-11-8/h5-6,9H,4H2,1-3H3,(H,10,11). The average Bonchev–Trinajstić information content (AvgIpc) is 2.31. The second kappa shape index (κ2) is 3.53. The minimum atomic E-state index is 0.520. The van der Waals surface area contributed by atoms with Gasteiger partial charge in [0.1, 0.15) is 0 Å². The highest BCUT2D eigenvalue weighted by atomic mass is 15.0. The van der Waals surface area contributed by atoms with E-state index in [2.05, 4.69) is 29.1 Å². The summed E-state index contributed by atoms with van der Waals surface area (Å²) in [6.07, 6.45) is 1.73. The topological polar surface area (TPSA) is 40.7 Å². The Bertz CT molecular complexity index is 215. The van der Waals surface area contributed by atoms with E-state index in [4.69, 9.17) is 0 Å². The Kier molecular flexibility index (Phi) is 2.65. The molecule has 3 nitrogen and oxygen atoms in total. The van der Waals surface area contributed by atoms with E-state index in [1.807, 2.05) is 6.92 Å². The van der Waals surface area contributed by atoms with Crippen LogP contribution in [0.5, 0.6) is 0 Å². The van der Waals surface area contributed by atoms with Crippen LogP contribution >= 0.6 is 0 Å². The molecule has 0 aliphatic carbocycles. The van der Waals surface area contributed by atoms with Gasteiger partial charge in [-0.25, -0.2) is 4.98 Å². The van der Waals surface area contributed by atoms with Crippen molar-refractivity contribution in [3.8, 4) is 0 Å². The highest BCUT2D eigenvalue weighted by molar-refractivity contribution is 5.07. The summed E-state index contributed by atoms with van der Waals surface area (Å²) in [6, 6.07) is 0.520. The van der Waals surface area contributed by atoms with Crippen molar-refractivity contribution in [1.29, 1.82) is 0 Å². The normalized spacial score (nSPS) is 10.9. The van der Waals surface area contributed by atoms with Crippen molar-refractivity contribution in [2.24, 2.45) is 0 Å². The molecule has 0 aromatic carbocycles. The highest BCUT2D eigenvalue weighted by Gasteiger charge is 2.00. The number of hydrogen-bond donors (Lipinski definition) is 2. The van der Waals surface area contributed by atoms with E-state index in [1.165, 1.54) is 0 Å². The Morgan fingerprint density at radius 2 is 2.36 bits per heavy atom. The lowest BCUT2D eigenvalue weighted by molar-refractivity contribution is 0.581. The number of aromatic nitrogens is 2. The molecule has 1 aromatic heterocycles. The SMILES string of the molecule is Cc1[nH]cnc1CNC(C)C. The van der Waals surface area contributed by atoms with Crippen LogP contribution in [0.3, 0.4) is 0 Å². The van der Waals surface area contributed by atoms with Gasteiger partial charge in [0, 0.05) is 18.3 Å². The van der Waals surface area contributed by atoms with E-state index in [0.717, 1.165) is 17.9 Å². The minimum absolute atomic E-state index is 0.520. The Balaban J connectivity index is 2.44. The third-order valence-corrected chi connectivity index (χ3v) is 1.61. The first-order chi connectivity index (χ1) is 5.20. The number of aromatic amines is 1. The molecular formula is C8H15N3. The van der Waals surface area contributed by atoms with Gasteiger partial charge in [-0.15, -0.1) is 0 Å². The first-order valence-electron chi connectivity index (χ1n) is 3.92. The van der Waals surface area contributed by atoms with Crippen LogP contribution in [0.1, 0.15) is 25.2 Å². The zero-order valence-electron chi connectivity index (χ0n) is 7.31. The molecule has 0 fully saturated rings. The lowest BCUT2D eigenvalue weighted by atomic mass is 10.3. The molecule has 0 aliphatic rings. The molecule has 0 aliphatic heterocycles. The Morgan fingerprint density at radius 1 is 1.64 bits per heavy atom. The quantitative estimate of drug-likeness (QED) is 0.685. The first-order valence-corrected chi connectivity index (χ1v) is 3.92. The summed E-state index contributed by atoms with van der Waals surface area (Å²) in [5.74, 6) is 0. The first kappa shape index (κ1) is 8.27. The number of aryl methyl sites for hydroxylation is 1. The van der Waals surface area contributed by atoms with E-state index in [-0.39, 0.29) is 0 Å². The minimum Gasteiger partial charge on any atom is -0.348 e. The summed E-state index contributed by atoms with van der Waals surface area (Å²) in [4.78, 5) is 7.21. The van der Waals surface area contributed by atoms with Crippen LogP contribution in [0.4, 0.5) is 0 Å². The summed E-state index contributed by atoms with van der Waals surface area (Å²) >= 11 is 0. The fourth-order valence-corrected chi connectivity index (χ4v) is 0.866. The van der Waals surface area contributed by atoms with E-state index in [9.17, 15) is 0 Å². The second-order valence-corrected chi connectivity index (χ2v) is 3.01. The van der Waals surface area contributed by atoms with Gasteiger partial charge in [0.25, 0.3) is 0 Å². The summed E-state index contributed by atoms with van der Waals surface area (Å²) in [6.45, 7) is 7.14. The van der Waals surface area contributed by atoms with E-state index < -0.39 is 0 Å². The molecule has 1 aromatic rings. The zero-order chi connectivity index (χ0) is 8.27. The van der Waals surface area contributed by atoms with Crippen molar-refractivity contribution in [1.82, 2.24) is 15.3 Å². The lowest BCUT2D eigenvalue weighted by Gasteiger charge is -2.05. The summed E-state index contributed by atoms with van der Waals surface area (Å²) in [5, 5.41) is 3.31. The van der Waals surface area contributed by atoms with Crippen LogP contribution in [-0.4, -0.2) is 16.0 Å². The van der Waals surface area contributed by atoms with Gasteiger partial charge in [-0.1, -0.05) is 13.8 Å². The molecule has 1 rings (SSSR count). The molecule has 11 heavy (non-hydrogen) atoms. The van der Waals surface area contributed by atoms with Crippen molar-refractivity contribution in [3.05, 3.63) is 17.7 Å². The van der Waals surface area contributed by atoms with Crippen molar-refractivity contribution in [2.75, 3.05) is 0 Å². The molecular weight excluding hydrogens is 138 g/mol. The molecule has 0 radical (unpaired) electrons. The van der Waals surface area contributed by atoms with Crippen LogP contribution in [0, 0.1) is 6.92 Å². The Morgan fingerprint density at radius 3 is 2.82 bits per heavy atom. The van der Waals surface area contributed by atoms with E-state index in [1.54, 1.807) is 6.33 Å². The molecule has 0 amide bonds. The maximum atomic E-state index is 4.17. The van der Waals surface area contributed by atoms with Crippen LogP contribution < -0.4 is 5.32 Å². The third-order valence-electron chi connectivity index (χ3n) is 1.61. The Labute approximate surface area is 67.2 Å². The number of rotatable bonds is 3. The monoisotopic (exact) mass is 153 g/mol. The number of nitrogens with zero attached hydrogens (tertiary/aromatic N) is 1. The van der Waals surface area contributed by atoms with E-state index >= 15 is 0 Å². The summed E-state index contributed by atoms with van der Waals surface area (Å²) < 4.78 is 0. The van der Waals surface area contributed by atoms with Crippen molar-refractivity contribution < 1.29 is 0 Å². The number of nitrogens with one attached hydrogen (secondary N) is 2. The van der Waals surface area contributed by atoms with Crippen molar-refractivity contribution in [2.45, 2.75) is 33.4 Å². The second-order valence-electron chi connectivity index (χ2n) is 3.01. The van der Waals surface area contributed by atoms with Gasteiger partial charge in [0.15, 0.2) is 0 Å². The fraction of sp³-hybridized carbons (Fsp3) is 0.625. The number of H-pyrrole nitrogens is 1. The van der Waals surface area contributed by atoms with Gasteiger partial charge in [0.05, 0.1) is 12.0 Å². The van der Waals surface area contributed by atoms with Crippen LogP contribution in [0.2, 0.25) is 0 Å². The van der Waals surface area contributed by atoms with Gasteiger partial charge in [-0.05, 0) is 6.92 Å². The third kappa shape index (κ3) is 2.35. The average molecular weight is 153 g/mol. The fourth-order valence-electron chi connectivity index (χ4n) is 0.866. The molecule has 0 bridgehead atoms. The maximum Gasteiger partial charge on any atom is 0.0925 e. The zero-order valence-corrected chi connectivity index (χ0v) is 7.31. The lowest BCUT2D eigenvalue weighted by Crippen LogP contribution is -2.22. The predicted octanol–water partition coefficient (Wildman–Crippen LogP) is 1.22. The molecule has 0 saturated carbocycles. The molecule has 0 spiro atoms. The van der Waals surface area contributed by atoms with Gasteiger partial charge in [-0.2, -0.15) is 0 Å². The molecule has 3 heteroatoms. The molecule has 2 N–H and O–H groups in total. The summed E-state index contributed by atoms with van der Waals surface area (Å²) in [5.41, 5.74) is 2.26. The summed E-state index contributed by atoms with van der Waals surface area (Å²) in [7, 11) is 0. The number of hydrogen-bond acceptors (Lipinski definition) is 2. The van der Waals surface area contributed by atoms with Gasteiger partial charge < -0.3 is 10.3 Å². The molecule has 0 saturated heterocycles. The van der Waals surface area contributed by atoms with Gasteiger partial charge >= 0.3 is 0 Å². The molecule has 62 valence electrons. The largest absolute Gasteiger partial charge is 0.348 e. The van der Waals surface area contributed by atoms with Crippen molar-refractivity contribution in [3.63, 3.8) is 0 Å². The Hall–Kier alpha value is -0.830. The van der Waals surface area contributed by atoms with Crippen LogP contribution in [0.15, 0.2) is 6.33 Å². The van der Waals surface area contributed by atoms with Crippen molar-refractivity contribution >= 4 is 0 Å². The molecule has 0 atom stereocenters. The van der Waals surface area contributed by atoms with E-state index in [0.29, 0.717) is 6.04 Å². The predicted molar refractivity (Wildman–Crippen MR) is 45.3 cm³/mol. The molecule has 1 heterocycles. The van der Waals surface area contributed by atoms with Crippen LogP contribution in [-0.2, 0) is 6.54 Å². The van der Waals surface area contributed by atoms with Crippen LogP contribution in [0.25, 0.3) is 0 Å². The highest BCUT2D eigenvalue weighted by Crippen LogP contribution is 1.99.